The zero-order chi connectivity index (χ0) is 13.8. The standard InChI is InChI=1S/C14H20N2O3.ClH/c1-16(10-6-7-15-9-10)14(17)12-8-11(18-2)4-5-13(12)19-3;/h4-5,8,10,15H,6-7,9H2,1-3H3;1H. The molecule has 1 aromatic rings. The van der Waals surface area contributed by atoms with Crippen LogP contribution >= 0.6 is 12.4 Å². The summed E-state index contributed by atoms with van der Waals surface area (Å²) in [4.78, 5) is 14.3. The predicted molar refractivity (Wildman–Crippen MR) is 80.2 cm³/mol. The van der Waals surface area contributed by atoms with Crippen LogP contribution in [0.25, 0.3) is 0 Å². The van der Waals surface area contributed by atoms with E-state index < -0.39 is 0 Å². The second kappa shape index (κ2) is 7.36. The van der Waals surface area contributed by atoms with Crippen LogP contribution in [-0.4, -0.2) is 51.2 Å². The third-order valence-corrected chi connectivity index (χ3v) is 3.54. The van der Waals surface area contributed by atoms with Crippen molar-refractivity contribution in [2.45, 2.75) is 12.5 Å². The number of hydrogen-bond donors (Lipinski definition) is 1. The molecule has 1 heterocycles. The lowest BCUT2D eigenvalue weighted by molar-refractivity contribution is 0.0740. The fourth-order valence-corrected chi connectivity index (χ4v) is 2.31. The molecule has 1 N–H and O–H groups in total. The summed E-state index contributed by atoms with van der Waals surface area (Å²) in [6, 6.07) is 5.50. The Labute approximate surface area is 125 Å². The second-order valence-electron chi connectivity index (χ2n) is 4.63. The van der Waals surface area contributed by atoms with Crippen LogP contribution in [0.1, 0.15) is 16.8 Å². The van der Waals surface area contributed by atoms with Gasteiger partial charge in [-0.25, -0.2) is 0 Å². The Bertz CT molecular complexity index is 462. The number of rotatable bonds is 4. The highest BCUT2D eigenvalue weighted by molar-refractivity contribution is 5.97. The van der Waals surface area contributed by atoms with Gasteiger partial charge < -0.3 is 19.7 Å². The van der Waals surface area contributed by atoms with Gasteiger partial charge in [0.15, 0.2) is 0 Å². The molecule has 0 saturated carbocycles. The van der Waals surface area contributed by atoms with E-state index in [1.54, 1.807) is 37.3 Å². The van der Waals surface area contributed by atoms with E-state index in [4.69, 9.17) is 9.47 Å². The average Bonchev–Trinajstić information content (AvgIpc) is 2.99. The van der Waals surface area contributed by atoms with Gasteiger partial charge in [0.1, 0.15) is 11.5 Å². The largest absolute Gasteiger partial charge is 0.497 e. The van der Waals surface area contributed by atoms with Gasteiger partial charge in [-0.05, 0) is 31.2 Å². The number of halogens is 1. The lowest BCUT2D eigenvalue weighted by atomic mass is 10.1. The summed E-state index contributed by atoms with van der Waals surface area (Å²) in [6.07, 6.45) is 0.981. The van der Waals surface area contributed by atoms with E-state index in [2.05, 4.69) is 5.32 Å². The molecule has 2 rings (SSSR count). The number of amides is 1. The van der Waals surface area contributed by atoms with Crippen LogP contribution in [0.5, 0.6) is 11.5 Å². The van der Waals surface area contributed by atoms with Gasteiger partial charge in [-0.1, -0.05) is 0 Å². The van der Waals surface area contributed by atoms with Crippen LogP contribution in [0.2, 0.25) is 0 Å². The van der Waals surface area contributed by atoms with Crippen LogP contribution in [0, 0.1) is 0 Å². The van der Waals surface area contributed by atoms with Crippen molar-refractivity contribution in [2.24, 2.45) is 0 Å². The first-order valence-electron chi connectivity index (χ1n) is 6.37. The van der Waals surface area contributed by atoms with Crippen LogP contribution in [0.4, 0.5) is 0 Å². The summed E-state index contributed by atoms with van der Waals surface area (Å²) in [7, 11) is 4.98. The number of hydrogen-bond acceptors (Lipinski definition) is 4. The molecule has 1 saturated heterocycles. The molecule has 0 aliphatic carbocycles. The quantitative estimate of drug-likeness (QED) is 0.917. The molecule has 1 amide bonds. The highest BCUT2D eigenvalue weighted by Crippen LogP contribution is 2.26. The number of carbonyl (C=O) groups is 1. The Morgan fingerprint density at radius 3 is 2.65 bits per heavy atom. The molecular formula is C14H21ClN2O3. The fourth-order valence-electron chi connectivity index (χ4n) is 2.31. The molecular weight excluding hydrogens is 280 g/mol. The third kappa shape index (κ3) is 3.35. The van der Waals surface area contributed by atoms with Crippen LogP contribution < -0.4 is 14.8 Å². The van der Waals surface area contributed by atoms with Crippen molar-refractivity contribution < 1.29 is 14.3 Å². The van der Waals surface area contributed by atoms with Gasteiger partial charge >= 0.3 is 0 Å². The number of methoxy groups -OCH3 is 2. The second-order valence-corrected chi connectivity index (χ2v) is 4.63. The van der Waals surface area contributed by atoms with Gasteiger partial charge in [-0.15, -0.1) is 12.4 Å². The molecule has 5 nitrogen and oxygen atoms in total. The number of nitrogens with one attached hydrogen (secondary N) is 1. The van der Waals surface area contributed by atoms with E-state index in [-0.39, 0.29) is 24.4 Å². The number of nitrogens with zero attached hydrogens (tertiary/aromatic N) is 1. The van der Waals surface area contributed by atoms with Crippen molar-refractivity contribution >= 4 is 18.3 Å². The fraction of sp³-hybridized carbons (Fsp3) is 0.500. The molecule has 1 unspecified atom stereocenters. The first-order valence-corrected chi connectivity index (χ1v) is 6.37. The molecule has 0 radical (unpaired) electrons. The van der Waals surface area contributed by atoms with E-state index in [1.807, 2.05) is 7.05 Å². The maximum atomic E-state index is 12.5. The molecule has 0 spiro atoms. The van der Waals surface area contributed by atoms with Gasteiger partial charge in [0.2, 0.25) is 0 Å². The molecule has 1 fully saturated rings. The summed E-state index contributed by atoms with van der Waals surface area (Å²) in [5, 5.41) is 3.26. The molecule has 1 aliphatic rings. The predicted octanol–water partition coefficient (Wildman–Crippen LogP) is 1.56. The number of ether oxygens (including phenoxy) is 2. The molecule has 1 aliphatic heterocycles. The molecule has 0 bridgehead atoms. The van der Waals surface area contributed by atoms with Gasteiger partial charge in [-0.3, -0.25) is 4.79 Å². The molecule has 112 valence electrons. The van der Waals surface area contributed by atoms with Gasteiger partial charge in [-0.2, -0.15) is 0 Å². The van der Waals surface area contributed by atoms with Crippen molar-refractivity contribution in [3.8, 4) is 11.5 Å². The van der Waals surface area contributed by atoms with E-state index in [0.717, 1.165) is 19.5 Å². The number of likely N-dealkylation sites (N-methyl/N-ethyl adjacent to an activating group) is 1. The van der Waals surface area contributed by atoms with Crippen molar-refractivity contribution in [2.75, 3.05) is 34.4 Å². The maximum Gasteiger partial charge on any atom is 0.257 e. The average molecular weight is 301 g/mol. The van der Waals surface area contributed by atoms with E-state index in [9.17, 15) is 4.79 Å². The summed E-state index contributed by atoms with van der Waals surface area (Å²) in [6.45, 7) is 1.80. The summed E-state index contributed by atoms with van der Waals surface area (Å²) < 4.78 is 10.4. The van der Waals surface area contributed by atoms with Crippen LogP contribution in [-0.2, 0) is 0 Å². The molecule has 0 aromatic heterocycles. The summed E-state index contributed by atoms with van der Waals surface area (Å²) in [5.41, 5.74) is 0.538. The smallest absolute Gasteiger partial charge is 0.257 e. The van der Waals surface area contributed by atoms with Crippen molar-refractivity contribution in [1.29, 1.82) is 0 Å². The first kappa shape index (κ1) is 16.6. The zero-order valence-corrected chi connectivity index (χ0v) is 12.8. The first-order chi connectivity index (χ1) is 9.17. The summed E-state index contributed by atoms with van der Waals surface area (Å²) in [5.74, 6) is 1.19. The Morgan fingerprint density at radius 2 is 2.10 bits per heavy atom. The number of benzene rings is 1. The van der Waals surface area contributed by atoms with Gasteiger partial charge in [0, 0.05) is 19.6 Å². The third-order valence-electron chi connectivity index (χ3n) is 3.54. The minimum Gasteiger partial charge on any atom is -0.497 e. The minimum atomic E-state index is -0.0375. The van der Waals surface area contributed by atoms with Gasteiger partial charge in [0.25, 0.3) is 5.91 Å². The van der Waals surface area contributed by atoms with Crippen molar-refractivity contribution in [3.05, 3.63) is 23.8 Å². The molecule has 20 heavy (non-hydrogen) atoms. The van der Waals surface area contributed by atoms with E-state index in [0.29, 0.717) is 17.1 Å². The zero-order valence-electron chi connectivity index (χ0n) is 12.0. The van der Waals surface area contributed by atoms with Crippen molar-refractivity contribution in [1.82, 2.24) is 10.2 Å². The lowest BCUT2D eigenvalue weighted by Gasteiger charge is -2.24. The molecule has 1 aromatic carbocycles. The Morgan fingerprint density at radius 1 is 1.35 bits per heavy atom. The molecule has 1 atom stereocenters. The van der Waals surface area contributed by atoms with Crippen LogP contribution in [0.15, 0.2) is 18.2 Å². The van der Waals surface area contributed by atoms with E-state index >= 15 is 0 Å². The monoisotopic (exact) mass is 300 g/mol. The van der Waals surface area contributed by atoms with E-state index in [1.165, 1.54) is 0 Å². The Balaban J connectivity index is 0.00000200. The minimum absolute atomic E-state index is 0. The molecule has 6 heteroatoms. The Hall–Kier alpha value is -1.46. The number of carbonyl (C=O) groups excluding carboxylic acids is 1. The SMILES string of the molecule is COc1ccc(OC)c(C(=O)N(C)C2CCNC2)c1.Cl. The summed E-state index contributed by atoms with van der Waals surface area (Å²) >= 11 is 0. The lowest BCUT2D eigenvalue weighted by Crippen LogP contribution is -2.38. The maximum absolute atomic E-state index is 12.5. The Kier molecular flexibility index (Phi) is 6.10. The topological polar surface area (TPSA) is 50.8 Å². The van der Waals surface area contributed by atoms with Gasteiger partial charge in [0.05, 0.1) is 19.8 Å². The highest BCUT2D eigenvalue weighted by atomic mass is 35.5. The van der Waals surface area contributed by atoms with Crippen LogP contribution in [0.3, 0.4) is 0 Å². The highest BCUT2D eigenvalue weighted by Gasteiger charge is 2.26. The van der Waals surface area contributed by atoms with Crippen molar-refractivity contribution in [3.63, 3.8) is 0 Å². The normalized spacial score (nSPS) is 17.2.